The second-order valence-corrected chi connectivity index (χ2v) is 3.42. The summed E-state index contributed by atoms with van der Waals surface area (Å²) in [5.74, 6) is -0.163. The number of carbonyl (C=O) groups is 1. The average Bonchev–Trinajstić information content (AvgIpc) is 2.46. The first-order valence-corrected chi connectivity index (χ1v) is 4.82. The van der Waals surface area contributed by atoms with E-state index in [4.69, 9.17) is 16.3 Å². The Kier molecular flexibility index (Phi) is 2.44. The molecule has 1 heterocycles. The molecule has 1 aromatic carbocycles. The molecule has 0 saturated carbocycles. The Morgan fingerprint density at radius 1 is 1.57 bits per heavy atom. The van der Waals surface area contributed by atoms with Crippen LogP contribution in [0.5, 0.6) is 0 Å². The van der Waals surface area contributed by atoms with Crippen molar-refractivity contribution in [2.24, 2.45) is 0 Å². The summed E-state index contributed by atoms with van der Waals surface area (Å²) in [7, 11) is 0. The van der Waals surface area contributed by atoms with Gasteiger partial charge in [0, 0.05) is 12.2 Å². The van der Waals surface area contributed by atoms with Crippen LogP contribution in [-0.2, 0) is 4.74 Å². The topological polar surface area (TPSA) is 38.3 Å². The van der Waals surface area contributed by atoms with Gasteiger partial charge in [-0.1, -0.05) is 23.7 Å². The Balaban J connectivity index is 2.44. The summed E-state index contributed by atoms with van der Waals surface area (Å²) in [6.07, 6.45) is -0.346. The summed E-state index contributed by atoms with van der Waals surface area (Å²) in [5.41, 5.74) is 1.36. The molecule has 3 nitrogen and oxygen atoms in total. The molecule has 0 fully saturated rings. The molecule has 4 heteroatoms. The first kappa shape index (κ1) is 9.49. The van der Waals surface area contributed by atoms with Gasteiger partial charge in [0.25, 0.3) is 5.91 Å². The van der Waals surface area contributed by atoms with Crippen LogP contribution >= 0.6 is 11.6 Å². The maximum Gasteiger partial charge on any atom is 0.255 e. The number of amides is 1. The highest BCUT2D eigenvalue weighted by Gasteiger charge is 2.30. The lowest BCUT2D eigenvalue weighted by Crippen LogP contribution is -2.21. The van der Waals surface area contributed by atoms with E-state index in [0.717, 1.165) is 5.56 Å². The van der Waals surface area contributed by atoms with Crippen LogP contribution in [0.25, 0.3) is 0 Å². The fourth-order valence-electron chi connectivity index (χ4n) is 1.57. The van der Waals surface area contributed by atoms with Crippen LogP contribution in [0.4, 0.5) is 0 Å². The van der Waals surface area contributed by atoms with Gasteiger partial charge in [-0.05, 0) is 13.0 Å². The zero-order valence-corrected chi connectivity index (χ0v) is 8.47. The maximum atomic E-state index is 11.5. The lowest BCUT2D eigenvalue weighted by atomic mass is 10.1. The van der Waals surface area contributed by atoms with Crippen LogP contribution in [0.2, 0.25) is 5.02 Å². The fraction of sp³-hybridized carbons (Fsp3) is 0.300. The minimum absolute atomic E-state index is 0.163. The predicted molar refractivity (Wildman–Crippen MR) is 53.3 cm³/mol. The van der Waals surface area contributed by atoms with E-state index in [0.29, 0.717) is 17.2 Å². The summed E-state index contributed by atoms with van der Waals surface area (Å²) < 4.78 is 5.36. The van der Waals surface area contributed by atoms with E-state index in [1.54, 1.807) is 6.07 Å². The van der Waals surface area contributed by atoms with Gasteiger partial charge in [0.2, 0.25) is 0 Å². The van der Waals surface area contributed by atoms with Crippen molar-refractivity contribution in [3.63, 3.8) is 0 Å². The third kappa shape index (κ3) is 1.38. The van der Waals surface area contributed by atoms with Crippen LogP contribution in [0.1, 0.15) is 29.1 Å². The third-order valence-electron chi connectivity index (χ3n) is 2.15. The lowest BCUT2D eigenvalue weighted by Gasteiger charge is -2.10. The SMILES string of the molecule is CCOC1NC(=O)c2c(Cl)cccc21. The van der Waals surface area contributed by atoms with E-state index in [2.05, 4.69) is 5.32 Å². The van der Waals surface area contributed by atoms with Crippen LogP contribution < -0.4 is 5.32 Å². The summed E-state index contributed by atoms with van der Waals surface area (Å²) in [6.45, 7) is 2.44. The van der Waals surface area contributed by atoms with Gasteiger partial charge in [0.1, 0.15) is 0 Å². The highest BCUT2D eigenvalue weighted by Crippen LogP contribution is 2.30. The standard InChI is InChI=1S/C10H10ClNO2/c1-2-14-10-6-4-3-5-7(11)8(6)9(13)12-10/h3-5,10H,2H2,1H3,(H,12,13). The number of fused-ring (bicyclic) bond motifs is 1. The smallest absolute Gasteiger partial charge is 0.255 e. The van der Waals surface area contributed by atoms with Crippen LogP contribution in [-0.4, -0.2) is 12.5 Å². The second-order valence-electron chi connectivity index (χ2n) is 3.01. The van der Waals surface area contributed by atoms with Gasteiger partial charge in [-0.25, -0.2) is 0 Å². The molecular weight excluding hydrogens is 202 g/mol. The average molecular weight is 212 g/mol. The predicted octanol–water partition coefficient (Wildman–Crippen LogP) is 2.12. The third-order valence-corrected chi connectivity index (χ3v) is 2.47. The molecule has 14 heavy (non-hydrogen) atoms. The number of hydrogen-bond donors (Lipinski definition) is 1. The van der Waals surface area contributed by atoms with Gasteiger partial charge in [-0.15, -0.1) is 0 Å². The first-order valence-electron chi connectivity index (χ1n) is 4.45. The van der Waals surface area contributed by atoms with Crippen molar-refractivity contribution in [2.45, 2.75) is 13.2 Å². The van der Waals surface area contributed by atoms with E-state index >= 15 is 0 Å². The van der Waals surface area contributed by atoms with Gasteiger partial charge in [-0.2, -0.15) is 0 Å². The Hall–Kier alpha value is -1.06. The first-order chi connectivity index (χ1) is 6.74. The zero-order chi connectivity index (χ0) is 10.1. The minimum atomic E-state index is -0.346. The quantitative estimate of drug-likeness (QED) is 0.814. The van der Waals surface area contributed by atoms with Gasteiger partial charge in [0.15, 0.2) is 6.23 Å². The van der Waals surface area contributed by atoms with Gasteiger partial charge < -0.3 is 10.1 Å². The molecule has 0 aliphatic carbocycles. The Bertz CT molecular complexity index is 378. The van der Waals surface area contributed by atoms with E-state index in [-0.39, 0.29) is 12.1 Å². The molecule has 1 aliphatic rings. The molecule has 74 valence electrons. The van der Waals surface area contributed by atoms with E-state index in [9.17, 15) is 4.79 Å². The van der Waals surface area contributed by atoms with Crippen molar-refractivity contribution in [3.05, 3.63) is 34.3 Å². The number of benzene rings is 1. The summed E-state index contributed by atoms with van der Waals surface area (Å²) in [6, 6.07) is 5.36. The van der Waals surface area contributed by atoms with Crippen LogP contribution in [0, 0.1) is 0 Å². The largest absolute Gasteiger partial charge is 0.354 e. The molecule has 1 amide bonds. The molecule has 2 rings (SSSR count). The number of nitrogens with one attached hydrogen (secondary N) is 1. The molecule has 0 radical (unpaired) electrons. The highest BCUT2D eigenvalue weighted by atomic mass is 35.5. The molecule has 1 aromatic rings. The molecular formula is C10H10ClNO2. The van der Waals surface area contributed by atoms with Crippen molar-refractivity contribution in [1.82, 2.24) is 5.32 Å². The van der Waals surface area contributed by atoms with E-state index in [1.165, 1.54) is 0 Å². The van der Waals surface area contributed by atoms with Crippen molar-refractivity contribution < 1.29 is 9.53 Å². The summed E-state index contributed by atoms with van der Waals surface area (Å²) in [4.78, 5) is 11.5. The van der Waals surface area contributed by atoms with E-state index < -0.39 is 0 Å². The number of ether oxygens (including phenoxy) is 1. The highest BCUT2D eigenvalue weighted by molar-refractivity contribution is 6.34. The number of carbonyl (C=O) groups excluding carboxylic acids is 1. The molecule has 0 spiro atoms. The Morgan fingerprint density at radius 3 is 3.07 bits per heavy atom. The van der Waals surface area contributed by atoms with Crippen LogP contribution in [0.3, 0.4) is 0 Å². The van der Waals surface area contributed by atoms with Crippen molar-refractivity contribution in [2.75, 3.05) is 6.61 Å². The number of halogens is 1. The second kappa shape index (κ2) is 3.59. The summed E-state index contributed by atoms with van der Waals surface area (Å²) >= 11 is 5.91. The monoisotopic (exact) mass is 211 g/mol. The zero-order valence-electron chi connectivity index (χ0n) is 7.71. The van der Waals surface area contributed by atoms with Crippen LogP contribution in [0.15, 0.2) is 18.2 Å². The molecule has 0 aromatic heterocycles. The van der Waals surface area contributed by atoms with Crippen molar-refractivity contribution in [3.8, 4) is 0 Å². The van der Waals surface area contributed by atoms with Gasteiger partial charge >= 0.3 is 0 Å². The number of rotatable bonds is 2. The molecule has 1 aliphatic heterocycles. The minimum Gasteiger partial charge on any atom is -0.354 e. The van der Waals surface area contributed by atoms with E-state index in [1.807, 2.05) is 19.1 Å². The molecule has 1 atom stereocenters. The fourth-order valence-corrected chi connectivity index (χ4v) is 1.83. The number of hydrogen-bond acceptors (Lipinski definition) is 2. The molecule has 0 saturated heterocycles. The normalized spacial score (nSPS) is 19.3. The molecule has 1 N–H and O–H groups in total. The Morgan fingerprint density at radius 2 is 2.36 bits per heavy atom. The Labute approximate surface area is 87.0 Å². The molecule has 0 bridgehead atoms. The van der Waals surface area contributed by atoms with Crippen molar-refractivity contribution in [1.29, 1.82) is 0 Å². The van der Waals surface area contributed by atoms with Gasteiger partial charge in [-0.3, -0.25) is 4.79 Å². The maximum absolute atomic E-state index is 11.5. The summed E-state index contributed by atoms with van der Waals surface area (Å²) in [5, 5.41) is 3.19. The van der Waals surface area contributed by atoms with Crippen molar-refractivity contribution >= 4 is 17.5 Å². The van der Waals surface area contributed by atoms with Gasteiger partial charge in [0.05, 0.1) is 10.6 Å². The molecule has 1 unspecified atom stereocenters. The lowest BCUT2D eigenvalue weighted by molar-refractivity contribution is 0.0418.